The number of rotatable bonds is 5. The van der Waals surface area contributed by atoms with E-state index in [1.165, 1.54) is 23.5 Å². The molecule has 1 aromatic heterocycles. The minimum atomic E-state index is -0.0945. The molecule has 1 aromatic carbocycles. The maximum Gasteiger partial charge on any atom is 0.307 e. The lowest BCUT2D eigenvalue weighted by molar-refractivity contribution is -0.132. The van der Waals surface area contributed by atoms with Crippen LogP contribution in [0.15, 0.2) is 29.1 Å². The lowest BCUT2D eigenvalue weighted by Gasteiger charge is -2.31. The molecule has 0 atom stereocenters. The Labute approximate surface area is 162 Å². The number of amides is 1. The average Bonchev–Trinajstić information content (AvgIpc) is 2.91. The number of carbonyl (C=O) groups is 2. The van der Waals surface area contributed by atoms with E-state index in [2.05, 4.69) is 0 Å². The maximum atomic E-state index is 12.6. The molecule has 144 valence electrons. The third kappa shape index (κ3) is 4.30. The first kappa shape index (κ1) is 19.4. The van der Waals surface area contributed by atoms with Crippen LogP contribution in [-0.2, 0) is 11.3 Å². The van der Waals surface area contributed by atoms with Crippen LogP contribution in [0, 0.1) is 19.8 Å². The number of Topliss-reactive ketones (excluding diaryl/α,β-unsaturated/α-hetero) is 1. The van der Waals surface area contributed by atoms with Crippen LogP contribution in [-0.4, -0.2) is 39.4 Å². The van der Waals surface area contributed by atoms with Crippen molar-refractivity contribution in [2.45, 2.75) is 39.7 Å². The normalized spacial score (nSPS) is 15.1. The number of aryl methyl sites for hydroxylation is 1. The van der Waals surface area contributed by atoms with Gasteiger partial charge in [-0.3, -0.25) is 14.4 Å². The van der Waals surface area contributed by atoms with Crippen molar-refractivity contribution in [3.63, 3.8) is 0 Å². The molecular formula is C20H24N2O4S. The Bertz CT molecular complexity index is 890. The summed E-state index contributed by atoms with van der Waals surface area (Å²) in [7, 11) is 0. The SMILES string of the molecule is Cc1sc(=O)n(CCC(=O)N2CCC(C(=O)c3ccc(O)cc3)CC2)c1C. The van der Waals surface area contributed by atoms with E-state index in [-0.39, 0.29) is 28.2 Å². The Morgan fingerprint density at radius 1 is 1.15 bits per heavy atom. The first-order valence-corrected chi connectivity index (χ1v) is 9.96. The minimum absolute atomic E-state index is 0.0176. The van der Waals surface area contributed by atoms with Gasteiger partial charge in [-0.1, -0.05) is 11.3 Å². The number of benzene rings is 1. The van der Waals surface area contributed by atoms with E-state index in [0.29, 0.717) is 44.5 Å². The van der Waals surface area contributed by atoms with Crippen LogP contribution in [0.4, 0.5) is 0 Å². The highest BCUT2D eigenvalue weighted by molar-refractivity contribution is 7.09. The minimum Gasteiger partial charge on any atom is -0.508 e. The number of nitrogens with zero attached hydrogens (tertiary/aromatic N) is 2. The first-order valence-electron chi connectivity index (χ1n) is 9.14. The van der Waals surface area contributed by atoms with Crippen molar-refractivity contribution >= 4 is 23.0 Å². The number of phenols is 1. The monoisotopic (exact) mass is 388 g/mol. The van der Waals surface area contributed by atoms with Crippen molar-refractivity contribution in [2.24, 2.45) is 5.92 Å². The number of aromatic nitrogens is 1. The number of ketones is 1. The molecule has 0 aliphatic carbocycles. The van der Waals surface area contributed by atoms with Crippen LogP contribution in [0.5, 0.6) is 5.75 Å². The molecule has 0 radical (unpaired) electrons. The Morgan fingerprint density at radius 3 is 2.33 bits per heavy atom. The van der Waals surface area contributed by atoms with Crippen LogP contribution in [0.3, 0.4) is 0 Å². The molecule has 6 nitrogen and oxygen atoms in total. The second kappa shape index (κ2) is 8.08. The van der Waals surface area contributed by atoms with E-state index in [9.17, 15) is 19.5 Å². The number of hydrogen-bond donors (Lipinski definition) is 1. The van der Waals surface area contributed by atoms with Crippen LogP contribution in [0.2, 0.25) is 0 Å². The zero-order valence-corrected chi connectivity index (χ0v) is 16.4. The molecule has 0 unspecified atom stereocenters. The van der Waals surface area contributed by atoms with E-state index >= 15 is 0 Å². The molecule has 1 saturated heterocycles. The average molecular weight is 388 g/mol. The summed E-state index contributed by atoms with van der Waals surface area (Å²) in [5.74, 6) is 0.142. The van der Waals surface area contributed by atoms with Gasteiger partial charge in [0.2, 0.25) is 5.91 Å². The highest BCUT2D eigenvalue weighted by atomic mass is 32.1. The topological polar surface area (TPSA) is 79.6 Å². The third-order valence-corrected chi connectivity index (χ3v) is 6.29. The largest absolute Gasteiger partial charge is 0.508 e. The number of phenolic OH excluding ortho intramolecular Hbond substituents is 1. The van der Waals surface area contributed by atoms with E-state index in [1.54, 1.807) is 21.6 Å². The summed E-state index contributed by atoms with van der Waals surface area (Å²) in [6.07, 6.45) is 1.58. The van der Waals surface area contributed by atoms with Crippen molar-refractivity contribution in [2.75, 3.05) is 13.1 Å². The molecule has 27 heavy (non-hydrogen) atoms. The molecule has 0 spiro atoms. The quantitative estimate of drug-likeness (QED) is 0.799. The van der Waals surface area contributed by atoms with Crippen LogP contribution in [0.1, 0.15) is 40.2 Å². The van der Waals surface area contributed by atoms with Gasteiger partial charge in [0.05, 0.1) is 0 Å². The van der Waals surface area contributed by atoms with Crippen LogP contribution >= 0.6 is 11.3 Å². The summed E-state index contributed by atoms with van der Waals surface area (Å²) in [5.41, 5.74) is 1.52. The number of likely N-dealkylation sites (tertiary alicyclic amines) is 1. The lowest BCUT2D eigenvalue weighted by Crippen LogP contribution is -2.40. The molecule has 1 aliphatic rings. The number of carbonyl (C=O) groups excluding carboxylic acids is 2. The molecule has 2 heterocycles. The predicted molar refractivity (Wildman–Crippen MR) is 104 cm³/mol. The van der Waals surface area contributed by atoms with Gasteiger partial charge in [0.15, 0.2) is 5.78 Å². The molecule has 1 fully saturated rings. The standard InChI is InChI=1S/C20H24N2O4S/c1-13-14(2)27-20(26)22(13)12-9-18(24)21-10-7-16(8-11-21)19(25)15-3-5-17(23)6-4-15/h3-6,16,23H,7-12H2,1-2H3. The van der Waals surface area contributed by atoms with Gasteiger partial charge in [-0.05, 0) is 51.0 Å². The van der Waals surface area contributed by atoms with Crippen molar-refractivity contribution in [3.8, 4) is 5.75 Å². The second-order valence-electron chi connectivity index (χ2n) is 6.98. The maximum absolute atomic E-state index is 12.6. The van der Waals surface area contributed by atoms with Crippen molar-refractivity contribution < 1.29 is 14.7 Å². The van der Waals surface area contributed by atoms with E-state index in [1.807, 2.05) is 13.8 Å². The van der Waals surface area contributed by atoms with Gasteiger partial charge in [-0.25, -0.2) is 0 Å². The van der Waals surface area contributed by atoms with Gasteiger partial charge in [0.25, 0.3) is 0 Å². The highest BCUT2D eigenvalue weighted by Gasteiger charge is 2.28. The molecular weight excluding hydrogens is 364 g/mol. The molecule has 3 rings (SSSR count). The van der Waals surface area contributed by atoms with Crippen molar-refractivity contribution in [1.29, 1.82) is 0 Å². The molecule has 1 aliphatic heterocycles. The van der Waals surface area contributed by atoms with E-state index in [0.717, 1.165) is 10.6 Å². The van der Waals surface area contributed by atoms with Gasteiger partial charge in [0.1, 0.15) is 5.75 Å². The second-order valence-corrected chi connectivity index (χ2v) is 8.14. The van der Waals surface area contributed by atoms with Gasteiger partial charge in [-0.15, -0.1) is 0 Å². The zero-order chi connectivity index (χ0) is 19.6. The summed E-state index contributed by atoms with van der Waals surface area (Å²) < 4.78 is 1.67. The summed E-state index contributed by atoms with van der Waals surface area (Å²) >= 11 is 1.21. The smallest absolute Gasteiger partial charge is 0.307 e. The Balaban J connectivity index is 1.52. The molecule has 2 aromatic rings. The summed E-state index contributed by atoms with van der Waals surface area (Å²) in [6, 6.07) is 6.31. The van der Waals surface area contributed by atoms with Crippen molar-refractivity contribution in [3.05, 3.63) is 50.1 Å². The zero-order valence-electron chi connectivity index (χ0n) is 15.6. The van der Waals surface area contributed by atoms with Crippen LogP contribution in [0.25, 0.3) is 0 Å². The molecule has 7 heteroatoms. The van der Waals surface area contributed by atoms with Gasteiger partial charge >= 0.3 is 4.87 Å². The third-order valence-electron chi connectivity index (χ3n) is 5.29. The fraction of sp³-hybridized carbons (Fsp3) is 0.450. The van der Waals surface area contributed by atoms with E-state index < -0.39 is 0 Å². The number of aromatic hydroxyl groups is 1. The molecule has 1 N–H and O–H groups in total. The highest BCUT2D eigenvalue weighted by Crippen LogP contribution is 2.23. The van der Waals surface area contributed by atoms with Gasteiger partial charge < -0.3 is 14.6 Å². The molecule has 0 saturated carbocycles. The Hall–Kier alpha value is -2.41. The van der Waals surface area contributed by atoms with Crippen LogP contribution < -0.4 is 4.87 Å². The number of piperidine rings is 1. The molecule has 0 bridgehead atoms. The fourth-order valence-corrected chi connectivity index (χ4v) is 4.32. The Kier molecular flexibility index (Phi) is 5.79. The first-order chi connectivity index (χ1) is 12.9. The summed E-state index contributed by atoms with van der Waals surface area (Å²) in [5, 5.41) is 9.34. The summed E-state index contributed by atoms with van der Waals surface area (Å²) in [4.78, 5) is 39.7. The number of hydrogen-bond acceptors (Lipinski definition) is 5. The predicted octanol–water partition coefficient (Wildman–Crippen LogP) is 2.74. The van der Waals surface area contributed by atoms with E-state index in [4.69, 9.17) is 0 Å². The van der Waals surface area contributed by atoms with Gasteiger partial charge in [0, 0.05) is 48.1 Å². The summed E-state index contributed by atoms with van der Waals surface area (Å²) in [6.45, 7) is 5.34. The lowest BCUT2D eigenvalue weighted by atomic mass is 9.89. The molecule has 1 amide bonds. The Morgan fingerprint density at radius 2 is 1.78 bits per heavy atom. The van der Waals surface area contributed by atoms with Crippen molar-refractivity contribution in [1.82, 2.24) is 9.47 Å². The number of thiazole rings is 1. The van der Waals surface area contributed by atoms with Gasteiger partial charge in [-0.2, -0.15) is 0 Å². The fourth-order valence-electron chi connectivity index (χ4n) is 3.46.